The topological polar surface area (TPSA) is 92.5 Å². The van der Waals surface area contributed by atoms with Gasteiger partial charge in [-0.3, -0.25) is 14.9 Å². The second kappa shape index (κ2) is 7.00. The number of anilines is 1. The number of hydrogen-bond acceptors (Lipinski definition) is 5. The maximum Gasteiger partial charge on any atom is 0.293 e. The fraction of sp³-hybridized carbons (Fsp3) is 0.500. The second-order valence-electron chi connectivity index (χ2n) is 5.50. The van der Waals surface area contributed by atoms with Crippen molar-refractivity contribution in [2.75, 3.05) is 18.5 Å². The van der Waals surface area contributed by atoms with Gasteiger partial charge in [0.25, 0.3) is 5.69 Å². The Balaban J connectivity index is 2.82. The number of aldehydes is 1. The number of carbonyl (C=O) groups is 1. The number of nitro benzene ring substituents is 1. The van der Waals surface area contributed by atoms with Crippen molar-refractivity contribution in [2.45, 2.75) is 26.7 Å². The maximum absolute atomic E-state index is 11.0. The first-order valence-electron chi connectivity index (χ1n) is 6.48. The van der Waals surface area contributed by atoms with E-state index in [9.17, 15) is 14.9 Å². The summed E-state index contributed by atoms with van der Waals surface area (Å²) in [7, 11) is 0. The van der Waals surface area contributed by atoms with Gasteiger partial charge in [-0.25, -0.2) is 0 Å². The molecule has 6 heteroatoms. The Morgan fingerprint density at radius 3 is 2.70 bits per heavy atom. The van der Waals surface area contributed by atoms with Crippen LogP contribution in [-0.4, -0.2) is 29.5 Å². The molecular weight excluding hydrogens is 260 g/mol. The van der Waals surface area contributed by atoms with Crippen molar-refractivity contribution in [3.05, 3.63) is 33.9 Å². The average Bonchev–Trinajstić information content (AvgIpc) is 2.42. The summed E-state index contributed by atoms with van der Waals surface area (Å²) in [5.41, 5.74) is 0.493. The van der Waals surface area contributed by atoms with Crippen LogP contribution >= 0.6 is 0 Å². The molecule has 0 aliphatic rings. The lowest BCUT2D eigenvalue weighted by Crippen LogP contribution is -2.23. The summed E-state index contributed by atoms with van der Waals surface area (Å²) in [6.07, 6.45) is 2.10. The SMILES string of the molecule is CC(C)(CCCO)CNc1ccc(C=O)cc1[N+](=O)[O-]. The van der Waals surface area contributed by atoms with Gasteiger partial charge in [-0.05, 0) is 30.4 Å². The Morgan fingerprint density at radius 1 is 1.45 bits per heavy atom. The van der Waals surface area contributed by atoms with Crippen LogP contribution < -0.4 is 5.32 Å². The fourth-order valence-corrected chi connectivity index (χ4v) is 1.90. The van der Waals surface area contributed by atoms with Crippen molar-refractivity contribution >= 4 is 17.7 Å². The van der Waals surface area contributed by atoms with Gasteiger partial charge in [0.05, 0.1) is 4.92 Å². The van der Waals surface area contributed by atoms with Crippen molar-refractivity contribution in [1.82, 2.24) is 0 Å². The van der Waals surface area contributed by atoms with Crippen molar-refractivity contribution in [1.29, 1.82) is 0 Å². The Hall–Kier alpha value is -1.95. The van der Waals surface area contributed by atoms with Crippen molar-refractivity contribution in [3.63, 3.8) is 0 Å². The van der Waals surface area contributed by atoms with Crippen LogP contribution in [0.15, 0.2) is 18.2 Å². The molecule has 1 aromatic rings. The van der Waals surface area contributed by atoms with Gasteiger partial charge >= 0.3 is 0 Å². The van der Waals surface area contributed by atoms with Gasteiger partial charge < -0.3 is 10.4 Å². The molecule has 0 fully saturated rings. The van der Waals surface area contributed by atoms with Gasteiger partial charge in [0.1, 0.15) is 12.0 Å². The van der Waals surface area contributed by atoms with Gasteiger partial charge in [0.2, 0.25) is 0 Å². The van der Waals surface area contributed by atoms with Crippen LogP contribution in [0.3, 0.4) is 0 Å². The smallest absolute Gasteiger partial charge is 0.293 e. The standard InChI is InChI=1S/C14H20N2O4/c1-14(2,6-3-7-17)10-15-12-5-4-11(9-18)8-13(12)16(19)20/h4-5,8-9,15,17H,3,6-7,10H2,1-2H3. The molecule has 0 aliphatic heterocycles. The molecule has 0 unspecified atom stereocenters. The second-order valence-corrected chi connectivity index (χ2v) is 5.50. The van der Waals surface area contributed by atoms with E-state index in [1.807, 2.05) is 13.8 Å². The highest BCUT2D eigenvalue weighted by molar-refractivity contribution is 5.79. The zero-order valence-electron chi connectivity index (χ0n) is 11.8. The molecule has 1 rings (SSSR count). The Morgan fingerprint density at radius 2 is 2.15 bits per heavy atom. The number of hydrogen-bond donors (Lipinski definition) is 2. The van der Waals surface area contributed by atoms with Gasteiger partial charge in [-0.15, -0.1) is 0 Å². The van der Waals surface area contributed by atoms with E-state index in [1.54, 1.807) is 12.1 Å². The molecule has 0 bridgehead atoms. The molecule has 0 aliphatic carbocycles. The summed E-state index contributed by atoms with van der Waals surface area (Å²) in [5.74, 6) is 0. The highest BCUT2D eigenvalue weighted by Crippen LogP contribution is 2.28. The fourth-order valence-electron chi connectivity index (χ4n) is 1.90. The number of aliphatic hydroxyl groups is 1. The third-order valence-electron chi connectivity index (χ3n) is 3.12. The summed E-state index contributed by atoms with van der Waals surface area (Å²) < 4.78 is 0. The lowest BCUT2D eigenvalue weighted by molar-refractivity contribution is -0.384. The summed E-state index contributed by atoms with van der Waals surface area (Å²) in [4.78, 5) is 21.2. The highest BCUT2D eigenvalue weighted by Gasteiger charge is 2.20. The highest BCUT2D eigenvalue weighted by atomic mass is 16.6. The molecule has 0 saturated carbocycles. The van der Waals surface area contributed by atoms with E-state index in [1.165, 1.54) is 6.07 Å². The Labute approximate surface area is 118 Å². The van der Waals surface area contributed by atoms with E-state index >= 15 is 0 Å². The van der Waals surface area contributed by atoms with Crippen molar-refractivity contribution in [3.8, 4) is 0 Å². The molecular formula is C14H20N2O4. The average molecular weight is 280 g/mol. The third kappa shape index (κ3) is 4.62. The minimum atomic E-state index is -0.504. The molecule has 0 saturated heterocycles. The lowest BCUT2D eigenvalue weighted by atomic mass is 9.88. The summed E-state index contributed by atoms with van der Waals surface area (Å²) in [6.45, 7) is 4.74. The van der Waals surface area contributed by atoms with Crippen molar-refractivity contribution < 1.29 is 14.8 Å². The zero-order chi connectivity index (χ0) is 15.2. The van der Waals surface area contributed by atoms with Crippen LogP contribution in [0.5, 0.6) is 0 Å². The van der Waals surface area contributed by atoms with Crippen LogP contribution in [0, 0.1) is 15.5 Å². The largest absolute Gasteiger partial charge is 0.396 e. The molecule has 0 atom stereocenters. The van der Waals surface area contributed by atoms with E-state index in [0.29, 0.717) is 24.9 Å². The van der Waals surface area contributed by atoms with Crippen molar-refractivity contribution in [2.24, 2.45) is 5.41 Å². The number of nitrogens with zero attached hydrogens (tertiary/aromatic N) is 1. The molecule has 1 aromatic carbocycles. The number of carbonyl (C=O) groups excluding carboxylic acids is 1. The van der Waals surface area contributed by atoms with E-state index < -0.39 is 4.92 Å². The van der Waals surface area contributed by atoms with Crippen LogP contribution in [0.2, 0.25) is 0 Å². The number of nitro groups is 1. The lowest BCUT2D eigenvalue weighted by Gasteiger charge is -2.25. The van der Waals surface area contributed by atoms with Crippen LogP contribution in [0.25, 0.3) is 0 Å². The predicted octanol–water partition coefficient (Wildman–Crippen LogP) is 2.62. The van der Waals surface area contributed by atoms with E-state index in [0.717, 1.165) is 6.42 Å². The summed E-state index contributed by atoms with van der Waals surface area (Å²) in [5, 5.41) is 22.9. The van der Waals surface area contributed by atoms with Crippen LogP contribution in [0.4, 0.5) is 11.4 Å². The van der Waals surface area contributed by atoms with Crippen LogP contribution in [-0.2, 0) is 0 Å². The quantitative estimate of drug-likeness (QED) is 0.434. The molecule has 20 heavy (non-hydrogen) atoms. The first-order valence-corrected chi connectivity index (χ1v) is 6.48. The molecule has 0 aromatic heterocycles. The van der Waals surface area contributed by atoms with E-state index in [-0.39, 0.29) is 23.3 Å². The number of nitrogens with one attached hydrogen (secondary N) is 1. The first-order chi connectivity index (χ1) is 9.39. The molecule has 6 nitrogen and oxygen atoms in total. The van der Waals surface area contributed by atoms with Gasteiger partial charge in [0.15, 0.2) is 0 Å². The van der Waals surface area contributed by atoms with Gasteiger partial charge in [0, 0.05) is 24.8 Å². The number of rotatable bonds is 8. The maximum atomic E-state index is 11.0. The molecule has 0 spiro atoms. The minimum absolute atomic E-state index is 0.0834. The number of aliphatic hydroxyl groups excluding tert-OH is 1. The van der Waals surface area contributed by atoms with E-state index in [4.69, 9.17) is 5.11 Å². The molecule has 0 radical (unpaired) electrons. The Bertz CT molecular complexity index is 486. The minimum Gasteiger partial charge on any atom is -0.396 e. The van der Waals surface area contributed by atoms with Gasteiger partial charge in [-0.2, -0.15) is 0 Å². The van der Waals surface area contributed by atoms with Crippen LogP contribution in [0.1, 0.15) is 37.0 Å². The van der Waals surface area contributed by atoms with Gasteiger partial charge in [-0.1, -0.05) is 13.8 Å². The zero-order valence-corrected chi connectivity index (χ0v) is 11.8. The van der Waals surface area contributed by atoms with E-state index in [2.05, 4.69) is 5.32 Å². The first kappa shape index (κ1) is 16.1. The summed E-state index contributed by atoms with van der Waals surface area (Å²) in [6, 6.07) is 4.35. The third-order valence-corrected chi connectivity index (χ3v) is 3.12. The molecule has 0 heterocycles. The molecule has 0 amide bonds. The molecule has 110 valence electrons. The number of benzene rings is 1. The predicted molar refractivity (Wildman–Crippen MR) is 77.1 cm³/mol. The monoisotopic (exact) mass is 280 g/mol. The Kier molecular flexibility index (Phi) is 5.64. The summed E-state index contributed by atoms with van der Waals surface area (Å²) >= 11 is 0. The molecule has 2 N–H and O–H groups in total. The normalized spacial score (nSPS) is 11.2.